The molecule has 1 atom stereocenters. The Morgan fingerprint density at radius 1 is 1.45 bits per heavy atom. The lowest BCUT2D eigenvalue weighted by molar-refractivity contribution is 0.0718. The number of halogens is 2. The lowest BCUT2D eigenvalue weighted by Gasteiger charge is -2.27. The molecule has 0 aromatic heterocycles. The largest absolute Gasteiger partial charge is 0.387 e. The molecular weight excluding hydrogens is 416 g/mol. The molecular formula is C15H23FIN3OS. The van der Waals surface area contributed by atoms with Gasteiger partial charge in [-0.1, -0.05) is 12.1 Å². The highest BCUT2D eigenvalue weighted by atomic mass is 127. The second-order valence-corrected chi connectivity index (χ2v) is 6.52. The molecule has 7 heteroatoms. The average Bonchev–Trinajstić information content (AvgIpc) is 2.89. The molecule has 1 aliphatic rings. The van der Waals surface area contributed by atoms with E-state index in [9.17, 15) is 9.50 Å². The number of guanidine groups is 1. The summed E-state index contributed by atoms with van der Waals surface area (Å²) >= 11 is 1.77. The van der Waals surface area contributed by atoms with Crippen LogP contribution < -0.4 is 5.32 Å². The van der Waals surface area contributed by atoms with Crippen LogP contribution >= 0.6 is 35.7 Å². The summed E-state index contributed by atoms with van der Waals surface area (Å²) in [5.41, 5.74) is 0.370. The number of aliphatic hydroxyl groups is 1. The van der Waals surface area contributed by atoms with Gasteiger partial charge in [0.1, 0.15) is 5.82 Å². The molecule has 1 aliphatic heterocycles. The minimum atomic E-state index is -0.642. The summed E-state index contributed by atoms with van der Waals surface area (Å²) < 4.78 is 12.9. The Labute approximate surface area is 152 Å². The van der Waals surface area contributed by atoms with E-state index in [-0.39, 0.29) is 29.8 Å². The average molecular weight is 439 g/mol. The summed E-state index contributed by atoms with van der Waals surface area (Å²) in [4.78, 5) is 6.19. The molecule has 0 bridgehead atoms. The minimum absolute atomic E-state index is 0. The van der Waals surface area contributed by atoms with Crippen LogP contribution in [0.2, 0.25) is 0 Å². The number of aliphatic imine (C=N–C) groups is 1. The maximum Gasteiger partial charge on any atom is 0.193 e. The molecule has 0 amide bonds. The molecule has 22 heavy (non-hydrogen) atoms. The van der Waals surface area contributed by atoms with Crippen molar-refractivity contribution in [2.75, 3.05) is 32.1 Å². The first-order valence-corrected chi connectivity index (χ1v) is 8.14. The van der Waals surface area contributed by atoms with E-state index in [0.29, 0.717) is 13.1 Å². The van der Waals surface area contributed by atoms with Gasteiger partial charge >= 0.3 is 0 Å². The number of nitrogens with one attached hydrogen (secondary N) is 1. The van der Waals surface area contributed by atoms with Crippen LogP contribution in [-0.2, 0) is 6.54 Å². The molecule has 0 aliphatic carbocycles. The molecule has 1 fully saturated rings. The second-order valence-electron chi connectivity index (χ2n) is 5.41. The van der Waals surface area contributed by atoms with Crippen molar-refractivity contribution in [1.29, 1.82) is 0 Å². The van der Waals surface area contributed by atoms with Crippen LogP contribution in [0.25, 0.3) is 0 Å². The zero-order chi connectivity index (χ0) is 15.3. The normalized spacial score (nSPS) is 21.4. The van der Waals surface area contributed by atoms with E-state index in [4.69, 9.17) is 0 Å². The van der Waals surface area contributed by atoms with Gasteiger partial charge in [0.25, 0.3) is 0 Å². The number of hydrogen-bond acceptors (Lipinski definition) is 3. The van der Waals surface area contributed by atoms with E-state index < -0.39 is 5.60 Å². The molecule has 0 spiro atoms. The SMILES string of the molecule is CN=C(NCC1(O)CCSC1)N(C)Cc1ccc(F)cc1.I. The number of hydrogen-bond donors (Lipinski definition) is 2. The molecule has 1 aromatic rings. The van der Waals surface area contributed by atoms with Gasteiger partial charge in [-0.25, -0.2) is 4.39 Å². The standard InChI is InChI=1S/C15H22FN3OS.HI/c1-17-14(18-10-15(20)7-8-21-11-15)19(2)9-12-3-5-13(16)6-4-12;/h3-6,20H,7-11H2,1-2H3,(H,17,18);1H. The molecule has 2 N–H and O–H groups in total. The molecule has 1 heterocycles. The highest BCUT2D eigenvalue weighted by Crippen LogP contribution is 2.26. The summed E-state index contributed by atoms with van der Waals surface area (Å²) in [6.07, 6.45) is 0.809. The summed E-state index contributed by atoms with van der Waals surface area (Å²) in [6, 6.07) is 6.44. The number of rotatable bonds is 4. The monoisotopic (exact) mass is 439 g/mol. The Morgan fingerprint density at radius 2 is 2.14 bits per heavy atom. The van der Waals surface area contributed by atoms with Gasteiger partial charge in [0.15, 0.2) is 5.96 Å². The Bertz CT molecular complexity index is 492. The van der Waals surface area contributed by atoms with E-state index in [1.807, 2.05) is 11.9 Å². The fourth-order valence-corrected chi connectivity index (χ4v) is 3.60. The molecule has 0 radical (unpaired) electrons. The third kappa shape index (κ3) is 5.58. The number of nitrogens with zero attached hydrogens (tertiary/aromatic N) is 2. The highest BCUT2D eigenvalue weighted by Gasteiger charge is 2.31. The predicted molar refractivity (Wildman–Crippen MR) is 102 cm³/mol. The van der Waals surface area contributed by atoms with Crippen molar-refractivity contribution in [1.82, 2.24) is 10.2 Å². The number of benzene rings is 1. The Hall–Kier alpha value is -0.540. The van der Waals surface area contributed by atoms with Gasteiger partial charge in [-0.3, -0.25) is 4.99 Å². The van der Waals surface area contributed by atoms with Crippen LogP contribution in [0, 0.1) is 5.82 Å². The highest BCUT2D eigenvalue weighted by molar-refractivity contribution is 14.0. The maximum absolute atomic E-state index is 12.9. The van der Waals surface area contributed by atoms with Crippen molar-refractivity contribution in [2.24, 2.45) is 4.99 Å². The molecule has 1 unspecified atom stereocenters. The predicted octanol–water partition coefficient (Wildman–Crippen LogP) is 2.32. The third-order valence-corrected chi connectivity index (χ3v) is 4.80. The van der Waals surface area contributed by atoms with E-state index in [1.54, 1.807) is 30.9 Å². The fourth-order valence-electron chi connectivity index (χ4n) is 2.30. The van der Waals surface area contributed by atoms with Gasteiger partial charge in [0, 0.05) is 32.9 Å². The molecule has 0 saturated carbocycles. The van der Waals surface area contributed by atoms with Crippen molar-refractivity contribution in [3.63, 3.8) is 0 Å². The summed E-state index contributed by atoms with van der Waals surface area (Å²) in [7, 11) is 3.64. The Morgan fingerprint density at radius 3 is 2.68 bits per heavy atom. The van der Waals surface area contributed by atoms with Crippen LogP contribution in [0.3, 0.4) is 0 Å². The molecule has 2 rings (SSSR count). The second kappa shape index (κ2) is 8.93. The van der Waals surface area contributed by atoms with Gasteiger partial charge in [0.2, 0.25) is 0 Å². The maximum atomic E-state index is 12.9. The van der Waals surface area contributed by atoms with Crippen molar-refractivity contribution in [3.05, 3.63) is 35.6 Å². The Kier molecular flexibility index (Phi) is 7.92. The van der Waals surface area contributed by atoms with E-state index in [2.05, 4.69) is 10.3 Å². The topological polar surface area (TPSA) is 47.9 Å². The zero-order valence-electron chi connectivity index (χ0n) is 12.9. The summed E-state index contributed by atoms with van der Waals surface area (Å²) in [5, 5.41) is 13.6. The molecule has 124 valence electrons. The van der Waals surface area contributed by atoms with Crippen LogP contribution in [0.15, 0.2) is 29.3 Å². The van der Waals surface area contributed by atoms with Crippen LogP contribution in [-0.4, -0.2) is 53.7 Å². The number of thioether (sulfide) groups is 1. The van der Waals surface area contributed by atoms with Crippen molar-refractivity contribution in [2.45, 2.75) is 18.6 Å². The summed E-state index contributed by atoms with van der Waals surface area (Å²) in [5.74, 6) is 2.26. The third-order valence-electron chi connectivity index (χ3n) is 3.56. The van der Waals surface area contributed by atoms with E-state index >= 15 is 0 Å². The molecule has 1 aromatic carbocycles. The minimum Gasteiger partial charge on any atom is -0.387 e. The van der Waals surface area contributed by atoms with Crippen LogP contribution in [0.1, 0.15) is 12.0 Å². The molecule has 1 saturated heterocycles. The lowest BCUT2D eigenvalue weighted by Crippen LogP contribution is -2.47. The Balaban J connectivity index is 0.00000242. The van der Waals surface area contributed by atoms with Gasteiger partial charge < -0.3 is 15.3 Å². The van der Waals surface area contributed by atoms with Crippen LogP contribution in [0.4, 0.5) is 4.39 Å². The van der Waals surface area contributed by atoms with Crippen LogP contribution in [0.5, 0.6) is 0 Å². The van der Waals surface area contributed by atoms with E-state index in [0.717, 1.165) is 29.4 Å². The lowest BCUT2D eigenvalue weighted by atomic mass is 10.0. The van der Waals surface area contributed by atoms with Crippen molar-refractivity contribution >= 4 is 41.7 Å². The molecule has 4 nitrogen and oxygen atoms in total. The quantitative estimate of drug-likeness (QED) is 0.430. The van der Waals surface area contributed by atoms with E-state index in [1.165, 1.54) is 12.1 Å². The fraction of sp³-hybridized carbons (Fsp3) is 0.533. The van der Waals surface area contributed by atoms with Gasteiger partial charge in [0.05, 0.1) is 5.60 Å². The van der Waals surface area contributed by atoms with Crippen molar-refractivity contribution in [3.8, 4) is 0 Å². The smallest absolute Gasteiger partial charge is 0.193 e. The zero-order valence-corrected chi connectivity index (χ0v) is 16.0. The first kappa shape index (κ1) is 19.5. The van der Waals surface area contributed by atoms with Gasteiger partial charge in [-0.2, -0.15) is 11.8 Å². The van der Waals surface area contributed by atoms with Crippen molar-refractivity contribution < 1.29 is 9.50 Å². The van der Waals surface area contributed by atoms with Gasteiger partial charge in [-0.15, -0.1) is 24.0 Å². The first-order valence-electron chi connectivity index (χ1n) is 6.99. The van der Waals surface area contributed by atoms with Gasteiger partial charge in [-0.05, 0) is 29.9 Å². The summed E-state index contributed by atoms with van der Waals surface area (Å²) in [6.45, 7) is 1.13. The first-order chi connectivity index (χ1) is 10.0.